The molecular formula is C16H16N2O2. The Labute approximate surface area is 117 Å². The summed E-state index contributed by atoms with van der Waals surface area (Å²) in [6.45, 7) is 0.763. The molecule has 20 heavy (non-hydrogen) atoms. The van der Waals surface area contributed by atoms with Crippen molar-refractivity contribution in [2.45, 2.75) is 18.9 Å². The molecule has 1 aliphatic rings. The molecule has 1 saturated heterocycles. The largest absolute Gasteiger partial charge is 0.508 e. The molecule has 1 atom stereocenters. The first-order valence-electron chi connectivity index (χ1n) is 6.75. The lowest BCUT2D eigenvalue weighted by molar-refractivity contribution is 0.0735. The van der Waals surface area contributed by atoms with E-state index in [0.717, 1.165) is 24.9 Å². The lowest BCUT2D eigenvalue weighted by atomic mass is 10.0. The summed E-state index contributed by atoms with van der Waals surface area (Å²) < 4.78 is 0. The zero-order valence-corrected chi connectivity index (χ0v) is 11.1. The van der Waals surface area contributed by atoms with Gasteiger partial charge in [-0.25, -0.2) is 0 Å². The fourth-order valence-corrected chi connectivity index (χ4v) is 2.71. The van der Waals surface area contributed by atoms with Gasteiger partial charge in [0, 0.05) is 18.9 Å². The second-order valence-corrected chi connectivity index (χ2v) is 4.99. The van der Waals surface area contributed by atoms with E-state index in [0.29, 0.717) is 5.56 Å². The van der Waals surface area contributed by atoms with Crippen LogP contribution < -0.4 is 0 Å². The Bertz CT molecular complexity index is 596. The van der Waals surface area contributed by atoms with E-state index >= 15 is 0 Å². The average molecular weight is 268 g/mol. The maximum atomic E-state index is 12.5. The molecule has 0 spiro atoms. The Morgan fingerprint density at radius 3 is 2.75 bits per heavy atom. The van der Waals surface area contributed by atoms with Crippen LogP contribution in [0.1, 0.15) is 34.8 Å². The number of carbonyl (C=O) groups is 1. The Morgan fingerprint density at radius 2 is 2.05 bits per heavy atom. The fraction of sp³-hybridized carbons (Fsp3) is 0.250. The molecule has 0 radical (unpaired) electrons. The van der Waals surface area contributed by atoms with Crippen LogP contribution in [0.5, 0.6) is 5.75 Å². The van der Waals surface area contributed by atoms with E-state index in [1.54, 1.807) is 36.7 Å². The highest BCUT2D eigenvalue weighted by molar-refractivity contribution is 5.94. The van der Waals surface area contributed by atoms with E-state index in [9.17, 15) is 9.90 Å². The van der Waals surface area contributed by atoms with Crippen molar-refractivity contribution in [1.29, 1.82) is 0 Å². The van der Waals surface area contributed by atoms with Gasteiger partial charge >= 0.3 is 0 Å². The van der Waals surface area contributed by atoms with Gasteiger partial charge in [-0.3, -0.25) is 9.78 Å². The van der Waals surface area contributed by atoms with Gasteiger partial charge in [0.25, 0.3) is 5.91 Å². The number of pyridine rings is 1. The van der Waals surface area contributed by atoms with Crippen molar-refractivity contribution in [2.24, 2.45) is 0 Å². The number of aromatic hydroxyl groups is 1. The van der Waals surface area contributed by atoms with Crippen molar-refractivity contribution in [3.05, 3.63) is 59.9 Å². The summed E-state index contributed by atoms with van der Waals surface area (Å²) in [5.74, 6) is 0.269. The van der Waals surface area contributed by atoms with Crippen LogP contribution >= 0.6 is 0 Å². The Hall–Kier alpha value is -2.36. The SMILES string of the molecule is O=C(c1cccnc1)N1CCC[C@@H]1c1ccc(O)cc1. The Morgan fingerprint density at radius 1 is 1.25 bits per heavy atom. The topological polar surface area (TPSA) is 53.4 Å². The quantitative estimate of drug-likeness (QED) is 0.911. The molecule has 2 heterocycles. The molecule has 2 aromatic rings. The molecule has 1 amide bonds. The van der Waals surface area contributed by atoms with E-state index in [-0.39, 0.29) is 17.7 Å². The number of aromatic nitrogens is 1. The molecule has 4 nitrogen and oxygen atoms in total. The summed E-state index contributed by atoms with van der Waals surface area (Å²) in [4.78, 5) is 18.4. The molecule has 1 aliphatic heterocycles. The van der Waals surface area contributed by atoms with Crippen LogP contribution in [0.2, 0.25) is 0 Å². The monoisotopic (exact) mass is 268 g/mol. The van der Waals surface area contributed by atoms with Gasteiger partial charge in [-0.15, -0.1) is 0 Å². The summed E-state index contributed by atoms with van der Waals surface area (Å²) >= 11 is 0. The number of amides is 1. The minimum Gasteiger partial charge on any atom is -0.508 e. The number of nitrogens with zero attached hydrogens (tertiary/aromatic N) is 2. The predicted molar refractivity (Wildman–Crippen MR) is 75.4 cm³/mol. The van der Waals surface area contributed by atoms with Crippen molar-refractivity contribution < 1.29 is 9.90 Å². The normalized spacial score (nSPS) is 18.2. The molecule has 0 aliphatic carbocycles. The van der Waals surface area contributed by atoms with Gasteiger partial charge in [0.15, 0.2) is 0 Å². The summed E-state index contributed by atoms with van der Waals surface area (Å²) in [5, 5.41) is 9.36. The van der Waals surface area contributed by atoms with Crippen molar-refractivity contribution in [3.63, 3.8) is 0 Å². The minimum absolute atomic E-state index is 0.0219. The molecule has 1 aromatic heterocycles. The third-order valence-electron chi connectivity index (χ3n) is 3.70. The lowest BCUT2D eigenvalue weighted by Gasteiger charge is -2.25. The smallest absolute Gasteiger partial charge is 0.255 e. The second kappa shape index (κ2) is 5.33. The zero-order chi connectivity index (χ0) is 13.9. The van der Waals surface area contributed by atoms with Gasteiger partial charge < -0.3 is 10.0 Å². The highest BCUT2D eigenvalue weighted by atomic mass is 16.3. The number of hydrogen-bond donors (Lipinski definition) is 1. The number of carbonyl (C=O) groups excluding carboxylic acids is 1. The molecule has 1 aromatic carbocycles. The van der Waals surface area contributed by atoms with Crippen LogP contribution in [-0.2, 0) is 0 Å². The van der Waals surface area contributed by atoms with Gasteiger partial charge in [-0.1, -0.05) is 12.1 Å². The molecule has 102 valence electrons. The van der Waals surface area contributed by atoms with Crippen LogP contribution in [0.3, 0.4) is 0 Å². The average Bonchev–Trinajstić information content (AvgIpc) is 2.97. The molecule has 4 heteroatoms. The van der Waals surface area contributed by atoms with Gasteiger partial charge in [-0.2, -0.15) is 0 Å². The molecule has 1 fully saturated rings. The van der Waals surface area contributed by atoms with Crippen LogP contribution in [0.15, 0.2) is 48.8 Å². The summed E-state index contributed by atoms with van der Waals surface area (Å²) in [5.41, 5.74) is 1.69. The van der Waals surface area contributed by atoms with Crippen LogP contribution in [0, 0.1) is 0 Å². The first kappa shape index (κ1) is 12.7. The molecular weight excluding hydrogens is 252 g/mol. The summed E-state index contributed by atoms with van der Waals surface area (Å²) in [6, 6.07) is 10.8. The van der Waals surface area contributed by atoms with Gasteiger partial charge in [0.2, 0.25) is 0 Å². The summed E-state index contributed by atoms with van der Waals surface area (Å²) in [7, 11) is 0. The highest BCUT2D eigenvalue weighted by Crippen LogP contribution is 2.33. The van der Waals surface area contributed by atoms with Gasteiger partial charge in [0.05, 0.1) is 11.6 Å². The Kier molecular flexibility index (Phi) is 3.37. The van der Waals surface area contributed by atoms with E-state index in [4.69, 9.17) is 0 Å². The van der Waals surface area contributed by atoms with Gasteiger partial charge in [-0.05, 0) is 42.7 Å². The first-order valence-corrected chi connectivity index (χ1v) is 6.75. The molecule has 1 N–H and O–H groups in total. The maximum Gasteiger partial charge on any atom is 0.255 e. The maximum absolute atomic E-state index is 12.5. The van der Waals surface area contributed by atoms with Crippen molar-refractivity contribution in [1.82, 2.24) is 9.88 Å². The number of phenolic OH excluding ortho intramolecular Hbond substituents is 1. The third-order valence-corrected chi connectivity index (χ3v) is 3.70. The molecule has 0 unspecified atom stereocenters. The lowest BCUT2D eigenvalue weighted by Crippen LogP contribution is -2.30. The number of hydrogen-bond acceptors (Lipinski definition) is 3. The number of phenols is 1. The van der Waals surface area contributed by atoms with Crippen molar-refractivity contribution in [2.75, 3.05) is 6.54 Å². The molecule has 0 bridgehead atoms. The van der Waals surface area contributed by atoms with E-state index in [2.05, 4.69) is 4.98 Å². The standard InChI is InChI=1S/C16H16N2O2/c19-14-7-5-12(6-8-14)15-4-2-10-18(15)16(20)13-3-1-9-17-11-13/h1,3,5-9,11,15,19H,2,4,10H2/t15-/m1/s1. The van der Waals surface area contributed by atoms with E-state index < -0.39 is 0 Å². The predicted octanol–water partition coefficient (Wildman–Crippen LogP) is 2.76. The number of likely N-dealkylation sites (tertiary alicyclic amines) is 1. The number of benzene rings is 1. The van der Waals surface area contributed by atoms with Crippen molar-refractivity contribution in [3.8, 4) is 5.75 Å². The van der Waals surface area contributed by atoms with Crippen LogP contribution in [0.4, 0.5) is 0 Å². The minimum atomic E-state index is 0.0219. The second-order valence-electron chi connectivity index (χ2n) is 4.99. The Balaban J connectivity index is 1.86. The van der Waals surface area contributed by atoms with E-state index in [1.807, 2.05) is 17.0 Å². The first-order chi connectivity index (χ1) is 9.75. The number of rotatable bonds is 2. The van der Waals surface area contributed by atoms with Gasteiger partial charge in [0.1, 0.15) is 5.75 Å². The highest BCUT2D eigenvalue weighted by Gasteiger charge is 2.30. The molecule has 3 rings (SSSR count). The van der Waals surface area contributed by atoms with Crippen LogP contribution in [0.25, 0.3) is 0 Å². The zero-order valence-electron chi connectivity index (χ0n) is 11.1. The molecule has 0 saturated carbocycles. The summed E-state index contributed by atoms with van der Waals surface area (Å²) in [6.07, 6.45) is 5.22. The van der Waals surface area contributed by atoms with Crippen molar-refractivity contribution >= 4 is 5.91 Å². The fourth-order valence-electron chi connectivity index (χ4n) is 2.71. The van der Waals surface area contributed by atoms with Crippen LogP contribution in [-0.4, -0.2) is 27.4 Å². The van der Waals surface area contributed by atoms with E-state index in [1.165, 1.54) is 0 Å². The third kappa shape index (κ3) is 2.37.